The smallest absolute Gasteiger partial charge is 0.274 e. The molecular formula is C26H22N6O3. The van der Waals surface area contributed by atoms with Crippen molar-refractivity contribution >= 4 is 16.7 Å². The van der Waals surface area contributed by atoms with Crippen molar-refractivity contribution in [3.63, 3.8) is 0 Å². The first kappa shape index (κ1) is 22.0. The van der Waals surface area contributed by atoms with Gasteiger partial charge in [0.15, 0.2) is 0 Å². The second-order valence-corrected chi connectivity index (χ2v) is 7.90. The van der Waals surface area contributed by atoms with Crippen LogP contribution in [0.2, 0.25) is 0 Å². The molecule has 9 heteroatoms. The molecule has 0 saturated heterocycles. The Bertz CT molecular complexity index is 1560. The van der Waals surface area contributed by atoms with Crippen LogP contribution in [0.5, 0.6) is 5.75 Å². The number of hydrogen-bond acceptors (Lipinski definition) is 6. The molecule has 3 heterocycles. The van der Waals surface area contributed by atoms with E-state index in [2.05, 4.69) is 25.6 Å². The second kappa shape index (κ2) is 9.60. The van der Waals surface area contributed by atoms with Crippen LogP contribution in [0.15, 0.2) is 83.9 Å². The number of amides is 1. The minimum absolute atomic E-state index is 0.139. The van der Waals surface area contributed by atoms with Crippen molar-refractivity contribution in [2.45, 2.75) is 13.1 Å². The van der Waals surface area contributed by atoms with Gasteiger partial charge in [0.25, 0.3) is 11.5 Å². The van der Waals surface area contributed by atoms with Crippen molar-refractivity contribution < 1.29 is 9.53 Å². The molecule has 0 bridgehead atoms. The van der Waals surface area contributed by atoms with Gasteiger partial charge in [-0.25, -0.2) is 4.68 Å². The van der Waals surface area contributed by atoms with Gasteiger partial charge in [0.1, 0.15) is 11.4 Å². The van der Waals surface area contributed by atoms with Crippen molar-refractivity contribution in [2.24, 2.45) is 0 Å². The third kappa shape index (κ3) is 4.65. The Morgan fingerprint density at radius 3 is 2.71 bits per heavy atom. The highest BCUT2D eigenvalue weighted by Gasteiger charge is 2.15. The Kier molecular flexibility index (Phi) is 6.04. The van der Waals surface area contributed by atoms with Crippen LogP contribution in [-0.4, -0.2) is 38.0 Å². The summed E-state index contributed by atoms with van der Waals surface area (Å²) < 4.78 is 6.66. The summed E-state index contributed by atoms with van der Waals surface area (Å²) in [5.74, 6) is 0.374. The van der Waals surface area contributed by atoms with E-state index in [-0.39, 0.29) is 24.6 Å². The molecular weight excluding hydrogens is 444 g/mol. The molecule has 174 valence electrons. The minimum Gasteiger partial charge on any atom is -0.497 e. The maximum absolute atomic E-state index is 13.0. The molecule has 2 N–H and O–H groups in total. The fraction of sp³-hybridized carbons (Fsp3) is 0.115. The van der Waals surface area contributed by atoms with Crippen molar-refractivity contribution in [2.75, 3.05) is 7.11 Å². The van der Waals surface area contributed by atoms with Gasteiger partial charge in [0.2, 0.25) is 0 Å². The van der Waals surface area contributed by atoms with E-state index in [1.165, 1.54) is 4.68 Å². The molecule has 5 rings (SSSR count). The summed E-state index contributed by atoms with van der Waals surface area (Å²) in [5.41, 5.74) is 3.02. The number of aromatic nitrogens is 5. The summed E-state index contributed by atoms with van der Waals surface area (Å²) >= 11 is 0. The van der Waals surface area contributed by atoms with Gasteiger partial charge in [0.05, 0.1) is 37.0 Å². The summed E-state index contributed by atoms with van der Waals surface area (Å²) in [6.45, 7) is 0.420. The molecule has 0 saturated carbocycles. The van der Waals surface area contributed by atoms with E-state index in [1.807, 2.05) is 54.6 Å². The molecule has 0 fully saturated rings. The van der Waals surface area contributed by atoms with Crippen LogP contribution < -0.4 is 15.6 Å². The standard InChI is InChI=1S/C26H22N6O3/c1-35-19-8-4-7-18(12-19)22-13-23(30-29-22)25(33)28-15-24-20-9-2-3-10-21(20)26(34)32(31-24)16-17-6-5-11-27-14-17/h2-14H,15-16H2,1H3,(H,28,33)(H,29,30). The molecule has 0 unspecified atom stereocenters. The lowest BCUT2D eigenvalue weighted by Crippen LogP contribution is -2.29. The number of carbonyl (C=O) groups is 1. The first-order valence-corrected chi connectivity index (χ1v) is 11.0. The van der Waals surface area contributed by atoms with E-state index in [1.54, 1.807) is 31.6 Å². The van der Waals surface area contributed by atoms with E-state index in [4.69, 9.17) is 4.74 Å². The predicted octanol–water partition coefficient (Wildman–Crippen LogP) is 3.17. The Hall–Kier alpha value is -4.79. The lowest BCUT2D eigenvalue weighted by atomic mass is 10.1. The molecule has 5 aromatic rings. The molecule has 9 nitrogen and oxygen atoms in total. The third-order valence-electron chi connectivity index (χ3n) is 5.60. The van der Waals surface area contributed by atoms with E-state index in [0.717, 1.165) is 11.1 Å². The van der Waals surface area contributed by atoms with Gasteiger partial charge >= 0.3 is 0 Å². The number of H-pyrrole nitrogens is 1. The molecule has 0 aliphatic rings. The number of nitrogens with zero attached hydrogens (tertiary/aromatic N) is 4. The van der Waals surface area contributed by atoms with Gasteiger partial charge in [-0.2, -0.15) is 10.2 Å². The SMILES string of the molecule is COc1cccc(-c2cc(C(=O)NCc3nn(Cc4cccnc4)c(=O)c4ccccc34)[nH]n2)c1. The largest absolute Gasteiger partial charge is 0.497 e. The van der Waals surface area contributed by atoms with E-state index < -0.39 is 0 Å². The zero-order chi connectivity index (χ0) is 24.2. The number of methoxy groups -OCH3 is 1. The minimum atomic E-state index is -0.331. The van der Waals surface area contributed by atoms with E-state index in [0.29, 0.717) is 33.6 Å². The van der Waals surface area contributed by atoms with Gasteiger partial charge in [-0.05, 0) is 35.9 Å². The Balaban J connectivity index is 1.39. The molecule has 0 radical (unpaired) electrons. The van der Waals surface area contributed by atoms with Crippen LogP contribution >= 0.6 is 0 Å². The maximum Gasteiger partial charge on any atom is 0.274 e. The average Bonchev–Trinajstić information content (AvgIpc) is 3.41. The summed E-state index contributed by atoms with van der Waals surface area (Å²) in [6.07, 6.45) is 3.37. The Morgan fingerprint density at radius 1 is 1.06 bits per heavy atom. The third-order valence-corrected chi connectivity index (χ3v) is 5.60. The van der Waals surface area contributed by atoms with E-state index in [9.17, 15) is 9.59 Å². The molecule has 3 aromatic heterocycles. The van der Waals surface area contributed by atoms with Crippen molar-refractivity contribution in [3.8, 4) is 17.0 Å². The monoisotopic (exact) mass is 466 g/mol. The van der Waals surface area contributed by atoms with Crippen LogP contribution in [0.3, 0.4) is 0 Å². The number of fused-ring (bicyclic) bond motifs is 1. The number of nitrogens with one attached hydrogen (secondary N) is 2. The number of aromatic amines is 1. The quantitative estimate of drug-likeness (QED) is 0.381. The number of ether oxygens (including phenoxy) is 1. The summed E-state index contributed by atoms with van der Waals surface area (Å²) in [5, 5.41) is 15.7. The second-order valence-electron chi connectivity index (χ2n) is 7.90. The number of benzene rings is 2. The van der Waals surface area contributed by atoms with E-state index >= 15 is 0 Å². The first-order valence-electron chi connectivity index (χ1n) is 11.0. The number of carbonyl (C=O) groups excluding carboxylic acids is 1. The molecule has 35 heavy (non-hydrogen) atoms. The van der Waals surface area contributed by atoms with Crippen molar-refractivity contribution in [3.05, 3.63) is 106 Å². The highest BCUT2D eigenvalue weighted by molar-refractivity contribution is 5.93. The highest BCUT2D eigenvalue weighted by Crippen LogP contribution is 2.22. The predicted molar refractivity (Wildman–Crippen MR) is 131 cm³/mol. The lowest BCUT2D eigenvalue weighted by molar-refractivity contribution is 0.0945. The van der Waals surface area contributed by atoms with Crippen LogP contribution in [0.4, 0.5) is 0 Å². The number of pyridine rings is 1. The topological polar surface area (TPSA) is 115 Å². The van der Waals surface area contributed by atoms with Crippen molar-refractivity contribution in [1.29, 1.82) is 0 Å². The lowest BCUT2D eigenvalue weighted by Gasteiger charge is -2.11. The highest BCUT2D eigenvalue weighted by atomic mass is 16.5. The fourth-order valence-corrected chi connectivity index (χ4v) is 3.84. The zero-order valence-corrected chi connectivity index (χ0v) is 18.9. The molecule has 0 spiro atoms. The summed E-state index contributed by atoms with van der Waals surface area (Å²) in [7, 11) is 1.60. The zero-order valence-electron chi connectivity index (χ0n) is 18.9. The van der Waals surface area contributed by atoms with Crippen LogP contribution in [0.1, 0.15) is 21.7 Å². The van der Waals surface area contributed by atoms with Gasteiger partial charge in [-0.1, -0.05) is 36.4 Å². The number of hydrogen-bond donors (Lipinski definition) is 2. The normalized spacial score (nSPS) is 10.9. The Morgan fingerprint density at radius 2 is 1.91 bits per heavy atom. The molecule has 0 atom stereocenters. The van der Waals surface area contributed by atoms with Crippen LogP contribution in [0, 0.1) is 0 Å². The van der Waals surface area contributed by atoms with Gasteiger partial charge < -0.3 is 10.1 Å². The van der Waals surface area contributed by atoms with Crippen LogP contribution in [-0.2, 0) is 13.1 Å². The van der Waals surface area contributed by atoms with Crippen molar-refractivity contribution in [1.82, 2.24) is 30.3 Å². The van der Waals surface area contributed by atoms with Gasteiger partial charge in [-0.15, -0.1) is 0 Å². The Labute approximate surface area is 200 Å². The molecule has 2 aromatic carbocycles. The van der Waals surface area contributed by atoms with Gasteiger partial charge in [-0.3, -0.25) is 19.7 Å². The summed E-state index contributed by atoms with van der Waals surface area (Å²) in [6, 6.07) is 20.1. The summed E-state index contributed by atoms with van der Waals surface area (Å²) in [4.78, 5) is 30.0. The number of rotatable bonds is 7. The molecule has 1 amide bonds. The fourth-order valence-electron chi connectivity index (χ4n) is 3.84. The first-order chi connectivity index (χ1) is 17.1. The molecule has 0 aliphatic heterocycles. The van der Waals surface area contributed by atoms with Crippen LogP contribution in [0.25, 0.3) is 22.0 Å². The van der Waals surface area contributed by atoms with Gasteiger partial charge in [0, 0.05) is 23.3 Å². The average molecular weight is 467 g/mol. The maximum atomic E-state index is 13.0. The molecule has 0 aliphatic carbocycles.